The van der Waals surface area contributed by atoms with Crippen LogP contribution in [0.2, 0.25) is 0 Å². The molecule has 0 spiro atoms. The first-order chi connectivity index (χ1) is 14.1. The minimum atomic E-state index is -0.0318. The zero-order chi connectivity index (χ0) is 20.4. The highest BCUT2D eigenvalue weighted by Gasteiger charge is 2.33. The van der Waals surface area contributed by atoms with E-state index < -0.39 is 0 Å². The first kappa shape index (κ1) is 19.3. The Labute approximate surface area is 170 Å². The Morgan fingerprint density at radius 3 is 2.79 bits per heavy atom. The van der Waals surface area contributed by atoms with Crippen LogP contribution in [0.25, 0.3) is 11.3 Å². The Morgan fingerprint density at radius 2 is 2.03 bits per heavy atom. The van der Waals surface area contributed by atoms with Gasteiger partial charge in [-0.3, -0.25) is 14.8 Å². The van der Waals surface area contributed by atoms with Crippen molar-refractivity contribution in [2.24, 2.45) is 0 Å². The third-order valence-corrected chi connectivity index (χ3v) is 5.51. The molecule has 0 bridgehead atoms. The van der Waals surface area contributed by atoms with Crippen molar-refractivity contribution in [1.29, 1.82) is 0 Å². The first-order valence-electron chi connectivity index (χ1n) is 9.83. The number of methoxy groups -OCH3 is 1. The molecule has 0 aliphatic carbocycles. The zero-order valence-electron chi connectivity index (χ0n) is 17.0. The number of ether oxygens (including phenoxy) is 1. The van der Waals surface area contributed by atoms with Gasteiger partial charge in [0, 0.05) is 30.7 Å². The van der Waals surface area contributed by atoms with Crippen LogP contribution in [0.1, 0.15) is 30.1 Å². The largest absolute Gasteiger partial charge is 0.496 e. The Kier molecular flexibility index (Phi) is 5.40. The lowest BCUT2D eigenvalue weighted by Gasteiger charge is -2.43. The molecule has 1 aromatic carbocycles. The number of furan rings is 1. The fourth-order valence-corrected chi connectivity index (χ4v) is 3.88. The average Bonchev–Trinajstić information content (AvgIpc) is 3.42. The van der Waals surface area contributed by atoms with E-state index in [2.05, 4.69) is 28.9 Å². The molecule has 1 aliphatic rings. The smallest absolute Gasteiger partial charge is 0.272 e. The second-order valence-corrected chi connectivity index (χ2v) is 7.53. The van der Waals surface area contributed by atoms with Crippen molar-refractivity contribution in [1.82, 2.24) is 20.0 Å². The number of rotatable bonds is 5. The number of carbonyl (C=O) groups is 1. The molecule has 2 atom stereocenters. The van der Waals surface area contributed by atoms with Gasteiger partial charge in [0.25, 0.3) is 5.91 Å². The van der Waals surface area contributed by atoms with Crippen LogP contribution >= 0.6 is 0 Å². The number of benzene rings is 1. The van der Waals surface area contributed by atoms with Gasteiger partial charge in [0.2, 0.25) is 0 Å². The van der Waals surface area contributed by atoms with Crippen LogP contribution in [0.4, 0.5) is 0 Å². The van der Waals surface area contributed by atoms with Crippen molar-refractivity contribution in [3.8, 4) is 17.0 Å². The van der Waals surface area contributed by atoms with Crippen molar-refractivity contribution in [3.05, 3.63) is 60.2 Å². The highest BCUT2D eigenvalue weighted by atomic mass is 16.5. The molecule has 2 aromatic heterocycles. The summed E-state index contributed by atoms with van der Waals surface area (Å²) in [7, 11) is 1.63. The molecule has 1 fully saturated rings. The number of piperazine rings is 1. The molecule has 0 radical (unpaired) electrons. The van der Waals surface area contributed by atoms with E-state index in [0.29, 0.717) is 17.9 Å². The Balaban J connectivity index is 1.48. The van der Waals surface area contributed by atoms with Gasteiger partial charge in [-0.15, -0.1) is 0 Å². The molecule has 3 aromatic rings. The maximum atomic E-state index is 13.2. The lowest BCUT2D eigenvalue weighted by Crippen LogP contribution is -2.57. The number of aromatic nitrogens is 2. The van der Waals surface area contributed by atoms with E-state index in [1.165, 1.54) is 0 Å². The number of para-hydroxylation sites is 1. The lowest BCUT2D eigenvalue weighted by molar-refractivity contribution is 0.0265. The van der Waals surface area contributed by atoms with Crippen molar-refractivity contribution < 1.29 is 13.9 Å². The average molecular weight is 394 g/mol. The van der Waals surface area contributed by atoms with Gasteiger partial charge >= 0.3 is 0 Å². The Hall–Kier alpha value is -3.06. The van der Waals surface area contributed by atoms with E-state index in [1.54, 1.807) is 19.4 Å². The van der Waals surface area contributed by atoms with E-state index in [4.69, 9.17) is 9.15 Å². The van der Waals surface area contributed by atoms with Gasteiger partial charge < -0.3 is 14.1 Å². The number of amides is 1. The number of aromatic amines is 1. The Morgan fingerprint density at radius 1 is 1.21 bits per heavy atom. The van der Waals surface area contributed by atoms with Crippen LogP contribution in [-0.4, -0.2) is 58.2 Å². The van der Waals surface area contributed by atoms with E-state index in [-0.39, 0.29) is 18.0 Å². The normalized spacial score (nSPS) is 20.0. The summed E-state index contributed by atoms with van der Waals surface area (Å²) in [6, 6.07) is 13.7. The number of carbonyl (C=O) groups excluding carboxylic acids is 1. The summed E-state index contributed by atoms with van der Waals surface area (Å²) in [5.74, 6) is 1.64. The molecule has 1 amide bonds. The summed E-state index contributed by atoms with van der Waals surface area (Å²) < 4.78 is 10.9. The van der Waals surface area contributed by atoms with Gasteiger partial charge in [-0.25, -0.2) is 0 Å². The van der Waals surface area contributed by atoms with Crippen LogP contribution in [-0.2, 0) is 6.54 Å². The fourth-order valence-electron chi connectivity index (χ4n) is 3.88. The van der Waals surface area contributed by atoms with Gasteiger partial charge in [0.1, 0.15) is 17.2 Å². The number of nitrogens with one attached hydrogen (secondary N) is 1. The molecule has 3 heterocycles. The quantitative estimate of drug-likeness (QED) is 0.718. The summed E-state index contributed by atoms with van der Waals surface area (Å²) in [4.78, 5) is 17.4. The molecule has 0 unspecified atom stereocenters. The maximum absolute atomic E-state index is 13.2. The maximum Gasteiger partial charge on any atom is 0.272 e. The van der Waals surface area contributed by atoms with Gasteiger partial charge in [-0.05, 0) is 44.2 Å². The van der Waals surface area contributed by atoms with E-state index >= 15 is 0 Å². The Bertz CT molecular complexity index is 966. The molecule has 1 N–H and O–H groups in total. The van der Waals surface area contributed by atoms with Crippen molar-refractivity contribution in [2.45, 2.75) is 32.5 Å². The van der Waals surface area contributed by atoms with Gasteiger partial charge in [-0.1, -0.05) is 12.1 Å². The van der Waals surface area contributed by atoms with E-state index in [0.717, 1.165) is 30.2 Å². The summed E-state index contributed by atoms with van der Waals surface area (Å²) in [6.45, 7) is 6.42. The van der Waals surface area contributed by atoms with Crippen LogP contribution in [0.5, 0.6) is 5.75 Å². The molecule has 7 heteroatoms. The van der Waals surface area contributed by atoms with Crippen molar-refractivity contribution >= 4 is 5.91 Å². The van der Waals surface area contributed by atoms with E-state index in [1.807, 2.05) is 41.3 Å². The summed E-state index contributed by atoms with van der Waals surface area (Å²) >= 11 is 0. The van der Waals surface area contributed by atoms with Crippen LogP contribution < -0.4 is 4.74 Å². The predicted octanol–water partition coefficient (Wildman–Crippen LogP) is 3.41. The molecular weight excluding hydrogens is 368 g/mol. The molecule has 7 nitrogen and oxygen atoms in total. The second kappa shape index (κ2) is 8.13. The number of nitrogens with zero attached hydrogens (tertiary/aromatic N) is 3. The van der Waals surface area contributed by atoms with E-state index in [9.17, 15) is 4.79 Å². The molecular formula is C22H26N4O3. The predicted molar refractivity (Wildman–Crippen MR) is 110 cm³/mol. The van der Waals surface area contributed by atoms with Gasteiger partial charge in [-0.2, -0.15) is 5.10 Å². The SMILES string of the molecule is COc1ccccc1-c1cc(C(=O)N2C[C@@H](C)N(Cc3ccco3)C[C@H]2C)[nH]n1. The second-order valence-electron chi connectivity index (χ2n) is 7.53. The molecule has 1 saturated heterocycles. The first-order valence-corrected chi connectivity index (χ1v) is 9.83. The minimum absolute atomic E-state index is 0.0318. The molecule has 0 saturated carbocycles. The molecule has 152 valence electrons. The third-order valence-electron chi connectivity index (χ3n) is 5.51. The standard InChI is InChI=1S/C22H26N4O3/c1-15-13-26(16(2)12-25(15)14-17-7-6-10-29-17)22(27)20-11-19(23-24-20)18-8-4-5-9-21(18)28-3/h4-11,15-16H,12-14H2,1-3H3,(H,23,24)/t15-,16-/m1/s1. The highest BCUT2D eigenvalue weighted by Crippen LogP contribution is 2.29. The molecule has 29 heavy (non-hydrogen) atoms. The number of H-pyrrole nitrogens is 1. The topological polar surface area (TPSA) is 74.6 Å². The van der Waals surface area contributed by atoms with Crippen LogP contribution in [0.3, 0.4) is 0 Å². The number of hydrogen-bond donors (Lipinski definition) is 1. The summed E-state index contributed by atoms with van der Waals surface area (Å²) in [5, 5.41) is 7.25. The van der Waals surface area contributed by atoms with Crippen LogP contribution in [0, 0.1) is 0 Å². The lowest BCUT2D eigenvalue weighted by atomic mass is 10.1. The summed E-state index contributed by atoms with van der Waals surface area (Å²) in [5.41, 5.74) is 2.04. The van der Waals surface area contributed by atoms with Crippen molar-refractivity contribution in [2.75, 3.05) is 20.2 Å². The van der Waals surface area contributed by atoms with Crippen molar-refractivity contribution in [3.63, 3.8) is 0 Å². The zero-order valence-corrected chi connectivity index (χ0v) is 17.0. The van der Waals surface area contributed by atoms with Gasteiger partial charge in [0.15, 0.2) is 0 Å². The monoisotopic (exact) mass is 394 g/mol. The summed E-state index contributed by atoms with van der Waals surface area (Å²) in [6.07, 6.45) is 1.70. The fraction of sp³-hybridized carbons (Fsp3) is 0.364. The third kappa shape index (κ3) is 3.91. The van der Waals surface area contributed by atoms with Crippen LogP contribution in [0.15, 0.2) is 53.1 Å². The highest BCUT2D eigenvalue weighted by molar-refractivity contribution is 5.94. The number of hydrogen-bond acceptors (Lipinski definition) is 5. The molecule has 1 aliphatic heterocycles. The van der Waals surface area contributed by atoms with Gasteiger partial charge in [0.05, 0.1) is 25.6 Å². The minimum Gasteiger partial charge on any atom is -0.496 e. The molecule has 4 rings (SSSR count).